The third kappa shape index (κ3) is 9.01. The maximum Gasteiger partial charge on any atom is 0.326 e. The number of ether oxygens (including phenoxy) is 1. The maximum absolute atomic E-state index is 11.7. The molecule has 0 aromatic heterocycles. The quantitative estimate of drug-likeness (QED) is 0.539. The second kappa shape index (κ2) is 9.33. The predicted molar refractivity (Wildman–Crippen MR) is 77.8 cm³/mol. The molecule has 7 nitrogen and oxygen atoms in total. The molecule has 0 heterocycles. The molecule has 0 aliphatic heterocycles. The molecule has 0 aliphatic rings. The molecule has 0 rings (SSSR count). The molecule has 122 valence electrons. The number of methoxy groups -OCH3 is 1. The van der Waals surface area contributed by atoms with Gasteiger partial charge in [0.1, 0.15) is 6.04 Å². The van der Waals surface area contributed by atoms with E-state index in [-0.39, 0.29) is 18.9 Å². The van der Waals surface area contributed by atoms with E-state index in [1.54, 1.807) is 20.8 Å². The van der Waals surface area contributed by atoms with E-state index in [0.717, 1.165) is 0 Å². The van der Waals surface area contributed by atoms with Crippen molar-refractivity contribution in [3.8, 4) is 0 Å². The molecule has 3 N–H and O–H groups in total. The summed E-state index contributed by atoms with van der Waals surface area (Å²) in [5, 5.41) is 14.1. The molecular formula is C14H26N2O5. The number of carbonyl (C=O) groups is 3. The highest BCUT2D eigenvalue weighted by Crippen LogP contribution is 2.12. The largest absolute Gasteiger partial charge is 0.480 e. The Balaban J connectivity index is 4.09. The van der Waals surface area contributed by atoms with Crippen LogP contribution in [0.4, 0.5) is 0 Å². The van der Waals surface area contributed by atoms with Gasteiger partial charge in [-0.15, -0.1) is 0 Å². The third-order valence-electron chi connectivity index (χ3n) is 2.79. The number of hydrogen-bond donors (Lipinski definition) is 3. The number of carboxylic acid groups (broad SMARTS) is 1. The minimum absolute atomic E-state index is 0.0515. The Bertz CT molecular complexity index is 363. The summed E-state index contributed by atoms with van der Waals surface area (Å²) in [6.45, 7) is 5.96. The van der Waals surface area contributed by atoms with Crippen molar-refractivity contribution in [2.45, 2.75) is 46.1 Å². The van der Waals surface area contributed by atoms with Crippen molar-refractivity contribution in [3.63, 3.8) is 0 Å². The van der Waals surface area contributed by atoms with Gasteiger partial charge in [0.05, 0.1) is 0 Å². The summed E-state index contributed by atoms with van der Waals surface area (Å²) in [5.74, 6) is -1.61. The molecule has 0 aromatic rings. The van der Waals surface area contributed by atoms with Crippen molar-refractivity contribution in [3.05, 3.63) is 0 Å². The lowest BCUT2D eigenvalue weighted by Crippen LogP contribution is -2.43. The first-order valence-corrected chi connectivity index (χ1v) is 6.98. The van der Waals surface area contributed by atoms with E-state index in [2.05, 4.69) is 10.6 Å². The minimum Gasteiger partial charge on any atom is -0.480 e. The van der Waals surface area contributed by atoms with Crippen LogP contribution in [-0.4, -0.2) is 49.2 Å². The molecule has 0 aromatic carbocycles. The number of rotatable bonds is 9. The highest BCUT2D eigenvalue weighted by molar-refractivity contribution is 5.84. The van der Waals surface area contributed by atoms with Gasteiger partial charge in [-0.3, -0.25) is 9.59 Å². The number of aliphatic carboxylic acids is 1. The normalized spacial score (nSPS) is 12.6. The number of nitrogens with one attached hydrogen (secondary N) is 2. The molecule has 0 spiro atoms. The highest BCUT2D eigenvalue weighted by Gasteiger charge is 2.22. The molecule has 7 heteroatoms. The van der Waals surface area contributed by atoms with Gasteiger partial charge in [0, 0.05) is 32.1 Å². The standard InChI is InChI=1S/C14H26N2O5/c1-14(2,3)13(20)15-8-7-11(17)16-10(12(18)19)6-5-9-21-4/h10H,5-9H2,1-4H3,(H,15,20)(H,16,17)(H,18,19). The first-order valence-electron chi connectivity index (χ1n) is 6.98. The fourth-order valence-corrected chi connectivity index (χ4v) is 1.51. The number of hydrogen-bond acceptors (Lipinski definition) is 4. The molecule has 0 fully saturated rings. The number of amides is 2. The van der Waals surface area contributed by atoms with Gasteiger partial charge < -0.3 is 20.5 Å². The second-order valence-corrected chi connectivity index (χ2v) is 5.85. The van der Waals surface area contributed by atoms with Crippen molar-refractivity contribution in [1.29, 1.82) is 0 Å². The highest BCUT2D eigenvalue weighted by atomic mass is 16.5. The van der Waals surface area contributed by atoms with Gasteiger partial charge in [-0.05, 0) is 12.8 Å². The van der Waals surface area contributed by atoms with Gasteiger partial charge in [0.25, 0.3) is 0 Å². The fourth-order valence-electron chi connectivity index (χ4n) is 1.51. The Morgan fingerprint density at radius 2 is 1.86 bits per heavy atom. The van der Waals surface area contributed by atoms with Crippen LogP contribution in [0.25, 0.3) is 0 Å². The molecule has 21 heavy (non-hydrogen) atoms. The lowest BCUT2D eigenvalue weighted by atomic mass is 9.96. The summed E-state index contributed by atoms with van der Waals surface area (Å²) in [6, 6.07) is -0.925. The van der Waals surface area contributed by atoms with Crippen molar-refractivity contribution in [2.24, 2.45) is 5.41 Å². The van der Waals surface area contributed by atoms with E-state index >= 15 is 0 Å². The average Bonchev–Trinajstić information content (AvgIpc) is 2.36. The Labute approximate surface area is 125 Å². The second-order valence-electron chi connectivity index (χ2n) is 5.85. The Morgan fingerprint density at radius 1 is 1.24 bits per heavy atom. The third-order valence-corrected chi connectivity index (χ3v) is 2.79. The van der Waals surface area contributed by atoms with E-state index in [0.29, 0.717) is 19.4 Å². The van der Waals surface area contributed by atoms with Crippen LogP contribution in [0.15, 0.2) is 0 Å². The van der Waals surface area contributed by atoms with Crippen LogP contribution in [0.3, 0.4) is 0 Å². The fraction of sp³-hybridized carbons (Fsp3) is 0.786. The topological polar surface area (TPSA) is 105 Å². The molecular weight excluding hydrogens is 276 g/mol. The summed E-state index contributed by atoms with van der Waals surface area (Å²) in [4.78, 5) is 34.3. The summed E-state index contributed by atoms with van der Waals surface area (Å²) in [6.07, 6.45) is 0.910. The van der Waals surface area contributed by atoms with Crippen LogP contribution in [-0.2, 0) is 19.1 Å². The zero-order chi connectivity index (χ0) is 16.5. The van der Waals surface area contributed by atoms with E-state index < -0.39 is 23.3 Å². The summed E-state index contributed by atoms with van der Waals surface area (Å²) >= 11 is 0. The van der Waals surface area contributed by atoms with Crippen LogP contribution < -0.4 is 10.6 Å². The lowest BCUT2D eigenvalue weighted by Gasteiger charge is -2.18. The molecule has 1 atom stereocenters. The molecule has 0 saturated heterocycles. The average molecular weight is 302 g/mol. The molecule has 0 bridgehead atoms. The Hall–Kier alpha value is -1.63. The molecule has 0 radical (unpaired) electrons. The van der Waals surface area contributed by atoms with Crippen molar-refractivity contribution in [1.82, 2.24) is 10.6 Å². The lowest BCUT2D eigenvalue weighted by molar-refractivity contribution is -0.142. The zero-order valence-electron chi connectivity index (χ0n) is 13.2. The van der Waals surface area contributed by atoms with E-state index in [1.807, 2.05) is 0 Å². The smallest absolute Gasteiger partial charge is 0.326 e. The molecule has 0 saturated carbocycles. The van der Waals surface area contributed by atoms with Gasteiger partial charge in [0.15, 0.2) is 0 Å². The van der Waals surface area contributed by atoms with Gasteiger partial charge in [-0.2, -0.15) is 0 Å². The van der Waals surface area contributed by atoms with Gasteiger partial charge in [-0.25, -0.2) is 4.79 Å². The number of carbonyl (C=O) groups excluding carboxylic acids is 2. The van der Waals surface area contributed by atoms with E-state index in [4.69, 9.17) is 9.84 Å². The van der Waals surface area contributed by atoms with Gasteiger partial charge >= 0.3 is 5.97 Å². The Morgan fingerprint density at radius 3 is 2.33 bits per heavy atom. The summed E-state index contributed by atoms with van der Waals surface area (Å²) < 4.78 is 4.85. The molecule has 0 aliphatic carbocycles. The van der Waals surface area contributed by atoms with Crippen LogP contribution in [0.2, 0.25) is 0 Å². The minimum atomic E-state index is -1.07. The van der Waals surface area contributed by atoms with Gasteiger partial charge in [0.2, 0.25) is 11.8 Å². The molecule has 1 unspecified atom stereocenters. The predicted octanol–water partition coefficient (Wildman–Crippen LogP) is 0.535. The van der Waals surface area contributed by atoms with Crippen LogP contribution >= 0.6 is 0 Å². The zero-order valence-corrected chi connectivity index (χ0v) is 13.2. The van der Waals surface area contributed by atoms with Crippen molar-refractivity contribution < 1.29 is 24.2 Å². The van der Waals surface area contributed by atoms with E-state index in [9.17, 15) is 14.4 Å². The van der Waals surface area contributed by atoms with Crippen LogP contribution in [0.5, 0.6) is 0 Å². The first kappa shape index (κ1) is 19.4. The van der Waals surface area contributed by atoms with Crippen molar-refractivity contribution >= 4 is 17.8 Å². The number of carboxylic acids is 1. The monoisotopic (exact) mass is 302 g/mol. The van der Waals surface area contributed by atoms with Crippen LogP contribution in [0, 0.1) is 5.41 Å². The summed E-state index contributed by atoms with van der Waals surface area (Å²) in [7, 11) is 1.53. The summed E-state index contributed by atoms with van der Waals surface area (Å²) in [5.41, 5.74) is -0.514. The van der Waals surface area contributed by atoms with E-state index in [1.165, 1.54) is 7.11 Å². The maximum atomic E-state index is 11.7. The Kier molecular flexibility index (Phi) is 8.61. The van der Waals surface area contributed by atoms with Gasteiger partial charge in [-0.1, -0.05) is 20.8 Å². The first-order chi connectivity index (χ1) is 9.68. The molecule has 2 amide bonds. The van der Waals surface area contributed by atoms with Crippen molar-refractivity contribution in [2.75, 3.05) is 20.3 Å². The van der Waals surface area contributed by atoms with Crippen LogP contribution in [0.1, 0.15) is 40.0 Å². The SMILES string of the molecule is COCCCC(NC(=O)CCNC(=O)C(C)(C)C)C(=O)O.